The van der Waals surface area contributed by atoms with Crippen molar-refractivity contribution in [3.63, 3.8) is 0 Å². The van der Waals surface area contributed by atoms with E-state index in [1.165, 1.54) is 0 Å². The normalized spacial score (nSPS) is 15.0. The number of amides is 1. The number of nitrogens with one attached hydrogen (secondary N) is 1. The van der Waals surface area contributed by atoms with E-state index in [4.69, 9.17) is 42.4 Å². The highest BCUT2D eigenvalue weighted by molar-refractivity contribution is 6.43. The summed E-state index contributed by atoms with van der Waals surface area (Å²) in [6.45, 7) is 9.83. The fourth-order valence-corrected chi connectivity index (χ4v) is 6.51. The molecule has 1 unspecified atom stereocenters. The first-order chi connectivity index (χ1) is 24.3. The number of pyridine rings is 1. The Bertz CT molecular complexity index is 1960. The summed E-state index contributed by atoms with van der Waals surface area (Å²) in [4.78, 5) is 33.3. The molecule has 1 saturated heterocycles. The number of hydrogen-bond donors (Lipinski definition) is 1. The third-order valence-corrected chi connectivity index (χ3v) is 9.27. The number of aromatic nitrogens is 1. The molecule has 0 aliphatic carbocycles. The molecule has 51 heavy (non-hydrogen) atoms. The number of ether oxygens (including phenoxy) is 3. The Morgan fingerprint density at radius 3 is 2.59 bits per heavy atom. The second-order valence-corrected chi connectivity index (χ2v) is 14.1. The minimum Gasteiger partial charge on any atom is -0.462 e. The van der Waals surface area contributed by atoms with Gasteiger partial charge in [0.1, 0.15) is 16.7 Å². The fraction of sp³-hybridized carbons (Fsp3) is 0.385. The van der Waals surface area contributed by atoms with Crippen molar-refractivity contribution in [2.75, 3.05) is 25.0 Å². The SMILES string of the molecule is CCOC(=O)c1c([C@@H](C)OCc2ccccc2)nc2c(F)c(-c3cccc(Cl)c3Cl)c(CCC#N)cc2c1NC1CCN(C(=O)OC(C)(C)C)C1. The Balaban J connectivity index is 1.73. The number of esters is 1. The summed E-state index contributed by atoms with van der Waals surface area (Å²) >= 11 is 13.0. The van der Waals surface area contributed by atoms with E-state index in [1.54, 1.807) is 63.8 Å². The molecule has 1 aliphatic rings. The number of nitrogens with zero attached hydrogens (tertiary/aromatic N) is 3. The first-order valence-corrected chi connectivity index (χ1v) is 17.7. The lowest BCUT2D eigenvalue weighted by Gasteiger charge is -2.26. The van der Waals surface area contributed by atoms with Crippen LogP contribution in [-0.2, 0) is 27.2 Å². The lowest BCUT2D eigenvalue weighted by molar-refractivity contribution is 0.0293. The molecule has 2 heterocycles. The van der Waals surface area contributed by atoms with Crippen molar-refractivity contribution in [3.05, 3.63) is 92.8 Å². The summed E-state index contributed by atoms with van der Waals surface area (Å²) in [5, 5.41) is 13.7. The molecule has 1 N–H and O–H groups in total. The van der Waals surface area contributed by atoms with E-state index in [0.717, 1.165) is 5.56 Å². The Morgan fingerprint density at radius 2 is 1.90 bits per heavy atom. The van der Waals surface area contributed by atoms with E-state index in [1.807, 2.05) is 30.3 Å². The van der Waals surface area contributed by atoms with Gasteiger partial charge in [0.05, 0.1) is 46.8 Å². The van der Waals surface area contributed by atoms with Crippen LogP contribution in [0, 0.1) is 17.1 Å². The highest BCUT2D eigenvalue weighted by atomic mass is 35.5. The first kappa shape index (κ1) is 37.8. The van der Waals surface area contributed by atoms with E-state index in [9.17, 15) is 14.9 Å². The van der Waals surface area contributed by atoms with Crippen molar-refractivity contribution < 1.29 is 28.2 Å². The smallest absolute Gasteiger partial charge is 0.410 e. The molecular formula is C39H41Cl2FN4O5. The van der Waals surface area contributed by atoms with Gasteiger partial charge in [0.15, 0.2) is 5.82 Å². The van der Waals surface area contributed by atoms with Crippen molar-refractivity contribution in [2.45, 2.75) is 78.2 Å². The van der Waals surface area contributed by atoms with E-state index in [0.29, 0.717) is 35.2 Å². The van der Waals surface area contributed by atoms with Crippen LogP contribution in [0.4, 0.5) is 14.9 Å². The van der Waals surface area contributed by atoms with Gasteiger partial charge in [0.25, 0.3) is 0 Å². The second-order valence-electron chi connectivity index (χ2n) is 13.3. The van der Waals surface area contributed by atoms with Gasteiger partial charge in [-0.2, -0.15) is 5.26 Å². The maximum absolute atomic E-state index is 17.2. The van der Waals surface area contributed by atoms with Gasteiger partial charge in [-0.15, -0.1) is 0 Å². The van der Waals surface area contributed by atoms with Crippen LogP contribution in [0.2, 0.25) is 10.0 Å². The third-order valence-electron chi connectivity index (χ3n) is 8.45. The molecule has 0 bridgehead atoms. The molecule has 1 fully saturated rings. The molecule has 1 aromatic heterocycles. The summed E-state index contributed by atoms with van der Waals surface area (Å²) in [5.74, 6) is -1.36. The lowest BCUT2D eigenvalue weighted by atomic mass is 9.91. The van der Waals surface area contributed by atoms with Crippen molar-refractivity contribution in [2.24, 2.45) is 0 Å². The van der Waals surface area contributed by atoms with Crippen LogP contribution >= 0.6 is 23.2 Å². The Morgan fingerprint density at radius 1 is 1.16 bits per heavy atom. The zero-order valence-electron chi connectivity index (χ0n) is 29.3. The predicted octanol–water partition coefficient (Wildman–Crippen LogP) is 9.68. The van der Waals surface area contributed by atoms with Crippen LogP contribution in [0.5, 0.6) is 0 Å². The largest absolute Gasteiger partial charge is 0.462 e. The topological polar surface area (TPSA) is 114 Å². The molecule has 1 aliphatic heterocycles. The van der Waals surface area contributed by atoms with Crippen molar-refractivity contribution >= 4 is 51.9 Å². The van der Waals surface area contributed by atoms with Crippen LogP contribution in [0.25, 0.3) is 22.0 Å². The van der Waals surface area contributed by atoms with Crippen molar-refractivity contribution in [1.82, 2.24) is 9.88 Å². The maximum Gasteiger partial charge on any atom is 0.410 e. The fourth-order valence-electron chi connectivity index (χ4n) is 6.11. The quantitative estimate of drug-likeness (QED) is 0.152. The zero-order valence-corrected chi connectivity index (χ0v) is 30.8. The molecule has 0 radical (unpaired) electrons. The summed E-state index contributed by atoms with van der Waals surface area (Å²) in [7, 11) is 0. The van der Waals surface area contributed by atoms with E-state index in [-0.39, 0.29) is 71.0 Å². The third kappa shape index (κ3) is 8.73. The number of anilines is 1. The number of carbonyl (C=O) groups excluding carboxylic acids is 2. The van der Waals surface area contributed by atoms with Gasteiger partial charge in [-0.05, 0) is 70.7 Å². The van der Waals surface area contributed by atoms with Crippen molar-refractivity contribution in [3.8, 4) is 17.2 Å². The zero-order chi connectivity index (χ0) is 36.9. The van der Waals surface area contributed by atoms with Gasteiger partial charge in [0, 0.05) is 42.1 Å². The summed E-state index contributed by atoms with van der Waals surface area (Å²) in [6.07, 6.45) is -0.432. The molecule has 3 aromatic carbocycles. The highest BCUT2D eigenvalue weighted by Crippen LogP contribution is 2.43. The Hall–Kier alpha value is -4.43. The molecule has 5 rings (SSSR count). The standard InChI is InChI=1S/C39H41Cl2FN4O5/c1-6-49-37(47)31-34(23(2)50-22-24-12-8-7-9-13-24)45-36-28(35(31)44-26-17-19-46(21-26)38(48)51-39(3,4)5)20-25(14-11-18-43)30(33(36)42)27-15-10-16-29(40)32(27)41/h7-10,12-13,15-16,20,23,26H,6,11,14,17,19,21-22H2,1-5H3,(H,44,45)/t23-,26?/m1/s1. The molecule has 12 heteroatoms. The first-order valence-electron chi connectivity index (χ1n) is 16.9. The monoisotopic (exact) mass is 734 g/mol. The molecule has 0 saturated carbocycles. The Kier molecular flexibility index (Phi) is 12.1. The van der Waals surface area contributed by atoms with Gasteiger partial charge in [-0.1, -0.05) is 65.7 Å². The number of rotatable bonds is 11. The van der Waals surface area contributed by atoms with Crippen LogP contribution in [0.15, 0.2) is 54.6 Å². The summed E-state index contributed by atoms with van der Waals surface area (Å²) in [5.41, 5.74) is 1.74. The van der Waals surface area contributed by atoms with Gasteiger partial charge in [-0.25, -0.2) is 19.0 Å². The number of fused-ring (bicyclic) bond motifs is 1. The number of carbonyl (C=O) groups is 2. The van der Waals surface area contributed by atoms with Gasteiger partial charge >= 0.3 is 12.1 Å². The van der Waals surface area contributed by atoms with E-state index in [2.05, 4.69) is 11.4 Å². The maximum atomic E-state index is 17.2. The number of benzene rings is 3. The van der Waals surface area contributed by atoms with Gasteiger partial charge in [0.2, 0.25) is 0 Å². The lowest BCUT2D eigenvalue weighted by Crippen LogP contribution is -2.36. The molecule has 4 aromatic rings. The van der Waals surface area contributed by atoms with Crippen LogP contribution in [0.1, 0.15) is 80.7 Å². The van der Waals surface area contributed by atoms with E-state index >= 15 is 4.39 Å². The number of hydrogen-bond acceptors (Lipinski definition) is 8. The van der Waals surface area contributed by atoms with Gasteiger partial charge in [-0.3, -0.25) is 0 Å². The van der Waals surface area contributed by atoms with Crippen LogP contribution < -0.4 is 5.32 Å². The van der Waals surface area contributed by atoms with Crippen LogP contribution in [-0.4, -0.2) is 53.3 Å². The number of likely N-dealkylation sites (tertiary alicyclic amines) is 1. The minimum atomic E-state index is -0.785. The minimum absolute atomic E-state index is 0.0375. The molecular weight excluding hydrogens is 694 g/mol. The van der Waals surface area contributed by atoms with Gasteiger partial charge < -0.3 is 24.4 Å². The second kappa shape index (κ2) is 16.3. The van der Waals surface area contributed by atoms with Crippen LogP contribution in [0.3, 0.4) is 0 Å². The number of halogens is 3. The highest BCUT2D eigenvalue weighted by Gasteiger charge is 2.34. The molecule has 2 atom stereocenters. The average Bonchev–Trinajstić information content (AvgIpc) is 3.56. The number of aryl methyl sites for hydroxylation is 1. The summed E-state index contributed by atoms with van der Waals surface area (Å²) < 4.78 is 34.7. The molecule has 0 spiro atoms. The summed E-state index contributed by atoms with van der Waals surface area (Å²) in [6, 6.07) is 18.0. The van der Waals surface area contributed by atoms with Crippen molar-refractivity contribution in [1.29, 1.82) is 5.26 Å². The number of nitriles is 1. The van der Waals surface area contributed by atoms with E-state index < -0.39 is 29.6 Å². The molecule has 268 valence electrons. The molecule has 9 nitrogen and oxygen atoms in total. The predicted molar refractivity (Wildman–Crippen MR) is 197 cm³/mol. The molecule has 1 amide bonds. The average molecular weight is 736 g/mol. The Labute approximate surface area is 307 Å².